The van der Waals surface area contributed by atoms with Gasteiger partial charge in [-0.2, -0.15) is 0 Å². The number of aliphatic hydroxyl groups is 1. The van der Waals surface area contributed by atoms with Crippen LogP contribution in [0.5, 0.6) is 0 Å². The van der Waals surface area contributed by atoms with E-state index < -0.39 is 0 Å². The van der Waals surface area contributed by atoms with Gasteiger partial charge >= 0.3 is 0 Å². The molecule has 1 heterocycles. The minimum absolute atomic E-state index is 0.251. The smallest absolute Gasteiger partial charge is 0.130 e. The van der Waals surface area contributed by atoms with Crippen molar-refractivity contribution in [3.8, 4) is 0 Å². The second-order valence-electron chi connectivity index (χ2n) is 3.27. The predicted octanol–water partition coefficient (Wildman–Crippen LogP) is 1.69. The van der Waals surface area contributed by atoms with Crippen LogP contribution in [0.15, 0.2) is 30.4 Å². The van der Waals surface area contributed by atoms with Gasteiger partial charge in [0.15, 0.2) is 0 Å². The monoisotopic (exact) mass is 193 g/mol. The topological polar surface area (TPSA) is 23.5 Å². The number of hydrogen-bond donors (Lipinski definition) is 1. The van der Waals surface area contributed by atoms with Gasteiger partial charge in [-0.15, -0.1) is 0 Å². The Kier molecular flexibility index (Phi) is 2.50. The number of anilines is 1. The fourth-order valence-corrected chi connectivity index (χ4v) is 1.67. The Balaban J connectivity index is 2.36. The van der Waals surface area contributed by atoms with Crippen LogP contribution in [0.25, 0.3) is 0 Å². The first kappa shape index (κ1) is 9.21. The number of nitrogens with zero attached hydrogens (tertiary/aromatic N) is 1. The van der Waals surface area contributed by atoms with Crippen LogP contribution < -0.4 is 4.90 Å². The number of benzene rings is 1. The molecule has 3 heteroatoms. The lowest BCUT2D eigenvalue weighted by molar-refractivity contribution is 0.276. The molecule has 74 valence electrons. The Bertz CT molecular complexity index is 354. The zero-order valence-corrected chi connectivity index (χ0v) is 7.78. The standard InChI is InChI=1S/C11H12FNO/c12-10-4-3-5-11(9(10)8-14)13-6-1-2-7-13/h1-5,14H,6-8H2. The molecule has 0 aromatic heterocycles. The number of halogens is 1. The fraction of sp³-hybridized carbons (Fsp3) is 0.273. The van der Waals surface area contributed by atoms with E-state index in [-0.39, 0.29) is 12.4 Å². The lowest BCUT2D eigenvalue weighted by atomic mass is 10.1. The maximum absolute atomic E-state index is 13.3. The quantitative estimate of drug-likeness (QED) is 0.722. The summed E-state index contributed by atoms with van der Waals surface area (Å²) in [6.45, 7) is 1.32. The molecule has 0 radical (unpaired) electrons. The maximum Gasteiger partial charge on any atom is 0.130 e. The third-order valence-corrected chi connectivity index (χ3v) is 2.41. The zero-order valence-electron chi connectivity index (χ0n) is 7.78. The summed E-state index contributed by atoms with van der Waals surface area (Å²) in [6.07, 6.45) is 4.07. The van der Waals surface area contributed by atoms with E-state index in [0.717, 1.165) is 18.8 Å². The molecule has 2 rings (SSSR count). The van der Waals surface area contributed by atoms with E-state index in [1.165, 1.54) is 6.07 Å². The molecule has 0 unspecified atom stereocenters. The van der Waals surface area contributed by atoms with Crippen molar-refractivity contribution in [2.75, 3.05) is 18.0 Å². The van der Waals surface area contributed by atoms with Gasteiger partial charge in [-0.25, -0.2) is 4.39 Å². The van der Waals surface area contributed by atoms with Crippen molar-refractivity contribution in [2.45, 2.75) is 6.61 Å². The number of rotatable bonds is 2. The number of aliphatic hydroxyl groups excluding tert-OH is 1. The van der Waals surface area contributed by atoms with Gasteiger partial charge in [0.2, 0.25) is 0 Å². The van der Waals surface area contributed by atoms with Crippen molar-refractivity contribution in [3.05, 3.63) is 41.7 Å². The highest BCUT2D eigenvalue weighted by Crippen LogP contribution is 2.24. The maximum atomic E-state index is 13.3. The minimum Gasteiger partial charge on any atom is -0.391 e. The van der Waals surface area contributed by atoms with Gasteiger partial charge in [0.05, 0.1) is 6.61 Å². The van der Waals surface area contributed by atoms with Gasteiger partial charge in [-0.3, -0.25) is 0 Å². The molecule has 0 fully saturated rings. The molecule has 0 atom stereocenters. The van der Waals surface area contributed by atoms with Crippen molar-refractivity contribution in [3.63, 3.8) is 0 Å². The molecular formula is C11H12FNO. The van der Waals surface area contributed by atoms with Gasteiger partial charge in [-0.1, -0.05) is 18.2 Å². The summed E-state index contributed by atoms with van der Waals surface area (Å²) >= 11 is 0. The lowest BCUT2D eigenvalue weighted by Gasteiger charge is -2.20. The van der Waals surface area contributed by atoms with E-state index >= 15 is 0 Å². The summed E-state index contributed by atoms with van der Waals surface area (Å²) in [4.78, 5) is 2.02. The highest BCUT2D eigenvalue weighted by atomic mass is 19.1. The van der Waals surface area contributed by atoms with Crippen molar-refractivity contribution in [1.29, 1.82) is 0 Å². The molecule has 1 aromatic carbocycles. The van der Waals surface area contributed by atoms with E-state index in [9.17, 15) is 4.39 Å². The molecule has 0 saturated carbocycles. The first-order chi connectivity index (χ1) is 6.83. The zero-order chi connectivity index (χ0) is 9.97. The highest BCUT2D eigenvalue weighted by Gasteiger charge is 2.14. The Morgan fingerprint density at radius 3 is 2.64 bits per heavy atom. The fourth-order valence-electron chi connectivity index (χ4n) is 1.67. The van der Waals surface area contributed by atoms with Crippen LogP contribution in [0.4, 0.5) is 10.1 Å². The van der Waals surface area contributed by atoms with Crippen LogP contribution in [-0.2, 0) is 6.61 Å². The normalized spacial score (nSPS) is 15.1. The Morgan fingerprint density at radius 2 is 2.00 bits per heavy atom. The van der Waals surface area contributed by atoms with E-state index in [1.807, 2.05) is 23.1 Å². The summed E-state index contributed by atoms with van der Waals surface area (Å²) in [5.74, 6) is -0.336. The van der Waals surface area contributed by atoms with Crippen molar-refractivity contribution < 1.29 is 9.50 Å². The molecule has 2 nitrogen and oxygen atoms in total. The molecule has 14 heavy (non-hydrogen) atoms. The van der Waals surface area contributed by atoms with Crippen molar-refractivity contribution in [1.82, 2.24) is 0 Å². The first-order valence-electron chi connectivity index (χ1n) is 4.61. The summed E-state index contributed by atoms with van der Waals surface area (Å²) in [5.41, 5.74) is 1.17. The van der Waals surface area contributed by atoms with Crippen LogP contribution >= 0.6 is 0 Å². The third-order valence-electron chi connectivity index (χ3n) is 2.41. The molecule has 0 amide bonds. The molecule has 0 bridgehead atoms. The minimum atomic E-state index is -0.336. The SMILES string of the molecule is OCc1c(F)cccc1N1CC=CC1. The molecule has 1 N–H and O–H groups in total. The highest BCUT2D eigenvalue weighted by molar-refractivity contribution is 5.56. The van der Waals surface area contributed by atoms with E-state index in [0.29, 0.717) is 5.56 Å². The molecule has 1 aromatic rings. The van der Waals surface area contributed by atoms with Gasteiger partial charge < -0.3 is 10.0 Å². The second-order valence-corrected chi connectivity index (χ2v) is 3.27. The average molecular weight is 193 g/mol. The molecule has 0 saturated heterocycles. The Hall–Kier alpha value is -1.35. The second kappa shape index (κ2) is 3.80. The molecule has 0 spiro atoms. The first-order valence-corrected chi connectivity index (χ1v) is 4.61. The van der Waals surface area contributed by atoms with Gasteiger partial charge in [0, 0.05) is 24.3 Å². The Morgan fingerprint density at radius 1 is 1.29 bits per heavy atom. The third kappa shape index (κ3) is 1.51. The van der Waals surface area contributed by atoms with E-state index in [1.54, 1.807) is 6.07 Å². The van der Waals surface area contributed by atoms with E-state index in [2.05, 4.69) is 0 Å². The molecule has 0 aliphatic carbocycles. The predicted molar refractivity (Wildman–Crippen MR) is 53.7 cm³/mol. The van der Waals surface area contributed by atoms with Crippen molar-refractivity contribution >= 4 is 5.69 Å². The average Bonchev–Trinajstić information content (AvgIpc) is 2.70. The molecule has 1 aliphatic rings. The van der Waals surface area contributed by atoms with Gasteiger partial charge in [-0.05, 0) is 12.1 Å². The molecule has 1 aliphatic heterocycles. The van der Waals surface area contributed by atoms with Crippen molar-refractivity contribution in [2.24, 2.45) is 0 Å². The van der Waals surface area contributed by atoms with Crippen LogP contribution in [0.3, 0.4) is 0 Å². The molecular weight excluding hydrogens is 181 g/mol. The van der Waals surface area contributed by atoms with Crippen LogP contribution in [0.1, 0.15) is 5.56 Å². The van der Waals surface area contributed by atoms with Crippen LogP contribution in [-0.4, -0.2) is 18.2 Å². The van der Waals surface area contributed by atoms with Gasteiger partial charge in [0.25, 0.3) is 0 Å². The van der Waals surface area contributed by atoms with Crippen LogP contribution in [0.2, 0.25) is 0 Å². The summed E-state index contributed by atoms with van der Waals surface area (Å²) in [5, 5.41) is 9.07. The van der Waals surface area contributed by atoms with Crippen LogP contribution in [0, 0.1) is 5.82 Å². The number of hydrogen-bond acceptors (Lipinski definition) is 2. The summed E-state index contributed by atoms with van der Waals surface area (Å²) in [7, 11) is 0. The largest absolute Gasteiger partial charge is 0.391 e. The summed E-state index contributed by atoms with van der Waals surface area (Å²) in [6, 6.07) is 4.88. The van der Waals surface area contributed by atoms with Gasteiger partial charge in [0.1, 0.15) is 5.82 Å². The Labute approximate surface area is 82.3 Å². The lowest BCUT2D eigenvalue weighted by Crippen LogP contribution is -2.20. The van der Waals surface area contributed by atoms with E-state index in [4.69, 9.17) is 5.11 Å². The summed E-state index contributed by atoms with van der Waals surface area (Å²) < 4.78 is 13.3.